The molecular formula is C10H10N4OS. The Morgan fingerprint density at radius 1 is 1.25 bits per heavy atom. The number of nitrogens with one attached hydrogen (secondary N) is 1. The zero-order valence-corrected chi connectivity index (χ0v) is 9.20. The van der Waals surface area contributed by atoms with Crippen LogP contribution in [0.2, 0.25) is 0 Å². The van der Waals surface area contributed by atoms with Gasteiger partial charge in [0.1, 0.15) is 5.82 Å². The van der Waals surface area contributed by atoms with Crippen molar-refractivity contribution in [3.8, 4) is 0 Å². The lowest BCUT2D eigenvalue weighted by Gasteiger charge is -2.01. The summed E-state index contributed by atoms with van der Waals surface area (Å²) in [4.78, 5) is 22.1. The van der Waals surface area contributed by atoms with E-state index in [9.17, 15) is 4.79 Å². The number of nitrogens with zero attached hydrogens (tertiary/aromatic N) is 2. The third-order valence-corrected chi connectivity index (χ3v) is 2.86. The Balaban J connectivity index is 2.08. The van der Waals surface area contributed by atoms with Crippen LogP contribution in [0.5, 0.6) is 0 Å². The molecule has 0 atom stereocenters. The Hall–Kier alpha value is -1.82. The van der Waals surface area contributed by atoms with Crippen LogP contribution in [0.15, 0.2) is 40.0 Å². The Morgan fingerprint density at radius 2 is 2.00 bits per heavy atom. The minimum absolute atomic E-state index is 0.00686. The molecule has 0 spiro atoms. The smallest absolute Gasteiger partial charge is 0.349 e. The first-order valence-electron chi connectivity index (χ1n) is 4.64. The maximum atomic E-state index is 11.0. The van der Waals surface area contributed by atoms with Crippen LogP contribution in [0, 0.1) is 0 Å². The van der Waals surface area contributed by atoms with Gasteiger partial charge in [0.25, 0.3) is 0 Å². The fourth-order valence-electron chi connectivity index (χ4n) is 1.18. The van der Waals surface area contributed by atoms with Gasteiger partial charge in [-0.1, -0.05) is 18.2 Å². The number of benzene rings is 1. The van der Waals surface area contributed by atoms with E-state index in [4.69, 9.17) is 5.73 Å². The molecule has 1 heterocycles. The lowest BCUT2D eigenvalue weighted by Crippen LogP contribution is -2.16. The molecule has 0 unspecified atom stereocenters. The highest BCUT2D eigenvalue weighted by molar-refractivity contribution is 7.98. The van der Waals surface area contributed by atoms with Crippen molar-refractivity contribution in [3.63, 3.8) is 0 Å². The summed E-state index contributed by atoms with van der Waals surface area (Å²) >= 11 is 1.57. The third-order valence-electron chi connectivity index (χ3n) is 1.84. The molecule has 3 N–H and O–H groups in total. The molecule has 1 aromatic heterocycles. The van der Waals surface area contributed by atoms with Crippen molar-refractivity contribution in [1.29, 1.82) is 0 Å². The second-order valence-corrected chi connectivity index (χ2v) is 4.11. The molecule has 0 radical (unpaired) electrons. The van der Waals surface area contributed by atoms with Gasteiger partial charge in [-0.05, 0) is 12.1 Å². The van der Waals surface area contributed by atoms with Crippen LogP contribution in [0.3, 0.4) is 0 Å². The summed E-state index contributed by atoms with van der Waals surface area (Å²) in [6.07, 6.45) is 0. The number of anilines is 1. The molecule has 6 heteroatoms. The number of rotatable bonds is 3. The number of aromatic nitrogens is 3. The minimum atomic E-state index is -0.462. The molecule has 0 aliphatic rings. The molecule has 0 fully saturated rings. The van der Waals surface area contributed by atoms with Gasteiger partial charge >= 0.3 is 5.69 Å². The van der Waals surface area contributed by atoms with Gasteiger partial charge < -0.3 is 5.73 Å². The number of nitrogen functional groups attached to an aromatic ring is 1. The monoisotopic (exact) mass is 234 g/mol. The predicted octanol–water partition coefficient (Wildman–Crippen LogP) is 1.04. The second kappa shape index (κ2) is 4.80. The first-order valence-corrected chi connectivity index (χ1v) is 5.63. The lowest BCUT2D eigenvalue weighted by molar-refractivity contribution is 0.929. The zero-order valence-electron chi connectivity index (χ0n) is 8.38. The number of aromatic amines is 1. The first kappa shape index (κ1) is 10.7. The molecule has 0 bridgehead atoms. The highest BCUT2D eigenvalue weighted by Gasteiger charge is 2.00. The third kappa shape index (κ3) is 2.83. The maximum Gasteiger partial charge on any atom is 0.349 e. The summed E-state index contributed by atoms with van der Waals surface area (Å²) in [7, 11) is 0. The highest BCUT2D eigenvalue weighted by Crippen LogP contribution is 2.19. The summed E-state index contributed by atoms with van der Waals surface area (Å²) in [5, 5.41) is 0. The van der Waals surface area contributed by atoms with Gasteiger partial charge in [0.2, 0.25) is 5.95 Å². The van der Waals surface area contributed by atoms with E-state index in [2.05, 4.69) is 15.0 Å². The Labute approximate surface area is 96.1 Å². The minimum Gasteiger partial charge on any atom is -0.368 e. The molecular weight excluding hydrogens is 224 g/mol. The van der Waals surface area contributed by atoms with Crippen LogP contribution in [-0.4, -0.2) is 15.0 Å². The van der Waals surface area contributed by atoms with Gasteiger partial charge in [0.05, 0.1) is 5.75 Å². The molecule has 0 saturated heterocycles. The fraction of sp³-hybridized carbons (Fsp3) is 0.100. The van der Waals surface area contributed by atoms with Crippen molar-refractivity contribution >= 4 is 17.7 Å². The molecule has 5 nitrogen and oxygen atoms in total. The number of hydrogen-bond acceptors (Lipinski definition) is 5. The number of hydrogen-bond donors (Lipinski definition) is 2. The Kier molecular flexibility index (Phi) is 3.21. The molecule has 82 valence electrons. The average Bonchev–Trinajstić information content (AvgIpc) is 2.27. The molecule has 2 rings (SSSR count). The highest BCUT2D eigenvalue weighted by atomic mass is 32.2. The van der Waals surface area contributed by atoms with E-state index in [-0.39, 0.29) is 5.95 Å². The zero-order chi connectivity index (χ0) is 11.4. The fourth-order valence-corrected chi connectivity index (χ4v) is 1.97. The largest absolute Gasteiger partial charge is 0.368 e. The quantitative estimate of drug-likeness (QED) is 0.775. The molecule has 2 aromatic rings. The van der Waals surface area contributed by atoms with Gasteiger partial charge in [0.15, 0.2) is 0 Å². The average molecular weight is 234 g/mol. The summed E-state index contributed by atoms with van der Waals surface area (Å²) in [6.45, 7) is 0. The number of nitrogens with two attached hydrogens (primary N) is 1. The normalized spacial score (nSPS) is 10.2. The van der Waals surface area contributed by atoms with Crippen molar-refractivity contribution in [3.05, 3.63) is 46.6 Å². The second-order valence-electron chi connectivity index (χ2n) is 3.06. The van der Waals surface area contributed by atoms with Crippen molar-refractivity contribution in [2.24, 2.45) is 0 Å². The Morgan fingerprint density at radius 3 is 2.69 bits per heavy atom. The summed E-state index contributed by atoms with van der Waals surface area (Å²) in [6, 6.07) is 9.86. The number of H-pyrrole nitrogens is 1. The van der Waals surface area contributed by atoms with E-state index < -0.39 is 5.69 Å². The SMILES string of the molecule is Nc1nc(CSc2ccccc2)[nH]c(=O)n1. The maximum absolute atomic E-state index is 11.0. The van der Waals surface area contributed by atoms with Gasteiger partial charge in [-0.25, -0.2) is 4.79 Å². The van der Waals surface area contributed by atoms with Crippen molar-refractivity contribution in [1.82, 2.24) is 15.0 Å². The number of thioether (sulfide) groups is 1. The van der Waals surface area contributed by atoms with Crippen LogP contribution >= 0.6 is 11.8 Å². The van der Waals surface area contributed by atoms with E-state index in [1.807, 2.05) is 30.3 Å². The van der Waals surface area contributed by atoms with Crippen LogP contribution in [0.1, 0.15) is 5.82 Å². The van der Waals surface area contributed by atoms with Gasteiger partial charge in [-0.15, -0.1) is 11.8 Å². The van der Waals surface area contributed by atoms with Gasteiger partial charge in [-0.3, -0.25) is 4.98 Å². The standard InChI is InChI=1S/C10H10N4OS/c11-9-12-8(13-10(15)14-9)6-16-7-4-2-1-3-5-7/h1-5H,6H2,(H3,11,12,13,14,15). The molecule has 16 heavy (non-hydrogen) atoms. The van der Waals surface area contributed by atoms with E-state index >= 15 is 0 Å². The molecule has 0 aliphatic carbocycles. The van der Waals surface area contributed by atoms with Crippen LogP contribution in [-0.2, 0) is 5.75 Å². The molecule has 0 amide bonds. The molecule has 0 aliphatic heterocycles. The molecule has 0 saturated carbocycles. The van der Waals surface area contributed by atoms with E-state index in [1.165, 1.54) is 0 Å². The van der Waals surface area contributed by atoms with Crippen molar-refractivity contribution in [2.45, 2.75) is 10.6 Å². The van der Waals surface area contributed by atoms with E-state index in [1.54, 1.807) is 11.8 Å². The Bertz CT molecular complexity index is 526. The van der Waals surface area contributed by atoms with E-state index in [0.717, 1.165) is 4.90 Å². The summed E-state index contributed by atoms with van der Waals surface area (Å²) < 4.78 is 0. The topological polar surface area (TPSA) is 84.7 Å². The van der Waals surface area contributed by atoms with Crippen molar-refractivity contribution < 1.29 is 0 Å². The van der Waals surface area contributed by atoms with Gasteiger partial charge in [-0.2, -0.15) is 9.97 Å². The van der Waals surface area contributed by atoms with Crippen LogP contribution in [0.25, 0.3) is 0 Å². The summed E-state index contributed by atoms with van der Waals surface area (Å²) in [5.74, 6) is 1.10. The van der Waals surface area contributed by atoms with Crippen molar-refractivity contribution in [2.75, 3.05) is 5.73 Å². The molecule has 1 aromatic carbocycles. The van der Waals surface area contributed by atoms with Gasteiger partial charge in [0, 0.05) is 4.90 Å². The summed E-state index contributed by atoms with van der Waals surface area (Å²) in [5.41, 5.74) is 4.92. The predicted molar refractivity (Wildman–Crippen MR) is 63.1 cm³/mol. The lowest BCUT2D eigenvalue weighted by atomic mass is 10.4. The van der Waals surface area contributed by atoms with E-state index in [0.29, 0.717) is 11.6 Å². The van der Waals surface area contributed by atoms with Crippen LogP contribution < -0.4 is 11.4 Å². The van der Waals surface area contributed by atoms with Crippen LogP contribution in [0.4, 0.5) is 5.95 Å². The first-order chi connectivity index (χ1) is 7.74.